The number of benzene rings is 1. The summed E-state index contributed by atoms with van der Waals surface area (Å²) in [4.78, 5) is 2.28. The summed E-state index contributed by atoms with van der Waals surface area (Å²) in [5, 5.41) is 12.7. The second kappa shape index (κ2) is 7.11. The molecule has 118 valence electrons. The molecule has 5 heteroatoms. The van der Waals surface area contributed by atoms with E-state index in [-0.39, 0.29) is 24.9 Å². The van der Waals surface area contributed by atoms with E-state index in [9.17, 15) is 5.11 Å². The third-order valence-electron chi connectivity index (χ3n) is 4.00. The molecule has 21 heavy (non-hydrogen) atoms. The second-order valence-electron chi connectivity index (χ2n) is 5.56. The van der Waals surface area contributed by atoms with Crippen LogP contribution in [0.5, 0.6) is 5.75 Å². The Labute approximate surface area is 126 Å². The molecule has 1 aromatic carbocycles. The molecule has 2 N–H and O–H groups in total. The van der Waals surface area contributed by atoms with Gasteiger partial charge in [0.25, 0.3) is 0 Å². The molecule has 1 saturated heterocycles. The quantitative estimate of drug-likeness (QED) is 0.863. The predicted octanol–water partition coefficient (Wildman–Crippen LogP) is 1.56. The van der Waals surface area contributed by atoms with Gasteiger partial charge >= 0.3 is 0 Å². The highest BCUT2D eigenvalue weighted by Gasteiger charge is 2.28. The van der Waals surface area contributed by atoms with Crippen LogP contribution >= 0.6 is 0 Å². The van der Waals surface area contributed by atoms with Crippen molar-refractivity contribution in [1.29, 1.82) is 0 Å². The summed E-state index contributed by atoms with van der Waals surface area (Å²) >= 11 is 0. The van der Waals surface area contributed by atoms with Crippen LogP contribution in [0.3, 0.4) is 0 Å². The third kappa shape index (κ3) is 3.48. The number of nitrogens with one attached hydrogen (secondary N) is 1. The fourth-order valence-corrected chi connectivity index (χ4v) is 2.91. The van der Waals surface area contributed by atoms with Gasteiger partial charge in [0.05, 0.1) is 25.9 Å². The Morgan fingerprint density at radius 3 is 2.86 bits per heavy atom. The highest BCUT2D eigenvalue weighted by molar-refractivity contribution is 5.61. The Bertz CT molecular complexity index is 467. The number of aliphatic hydroxyl groups is 1. The SMILES string of the molecule is CNC(C)c1c(OC)cccc1N1CC(C)OC(CO)C1. The number of rotatable bonds is 5. The van der Waals surface area contributed by atoms with Crippen molar-refractivity contribution in [2.75, 3.05) is 38.8 Å². The zero-order valence-corrected chi connectivity index (χ0v) is 13.3. The summed E-state index contributed by atoms with van der Waals surface area (Å²) in [7, 11) is 3.64. The highest BCUT2D eigenvalue weighted by Crippen LogP contribution is 2.35. The van der Waals surface area contributed by atoms with E-state index in [0.29, 0.717) is 6.54 Å². The molecule has 0 aromatic heterocycles. The van der Waals surface area contributed by atoms with Crippen molar-refractivity contribution in [2.45, 2.75) is 32.1 Å². The molecule has 0 aliphatic carbocycles. The molecule has 2 rings (SSSR count). The molecule has 0 bridgehead atoms. The number of methoxy groups -OCH3 is 1. The van der Waals surface area contributed by atoms with Gasteiger partial charge in [-0.25, -0.2) is 0 Å². The summed E-state index contributed by atoms with van der Waals surface area (Å²) in [5.41, 5.74) is 2.29. The van der Waals surface area contributed by atoms with Gasteiger partial charge in [-0.1, -0.05) is 6.07 Å². The largest absolute Gasteiger partial charge is 0.496 e. The van der Waals surface area contributed by atoms with Gasteiger partial charge in [0, 0.05) is 30.4 Å². The van der Waals surface area contributed by atoms with Crippen LogP contribution in [0.2, 0.25) is 0 Å². The number of nitrogens with zero attached hydrogens (tertiary/aromatic N) is 1. The van der Waals surface area contributed by atoms with Crippen molar-refractivity contribution in [1.82, 2.24) is 5.32 Å². The fourth-order valence-electron chi connectivity index (χ4n) is 2.91. The minimum absolute atomic E-state index is 0.0434. The van der Waals surface area contributed by atoms with Crippen LogP contribution in [0.15, 0.2) is 18.2 Å². The molecule has 1 fully saturated rings. The smallest absolute Gasteiger partial charge is 0.125 e. The van der Waals surface area contributed by atoms with Gasteiger partial charge in [-0.3, -0.25) is 0 Å². The zero-order valence-electron chi connectivity index (χ0n) is 13.3. The van der Waals surface area contributed by atoms with Crippen molar-refractivity contribution in [2.24, 2.45) is 0 Å². The van der Waals surface area contributed by atoms with Gasteiger partial charge < -0.3 is 24.8 Å². The summed E-state index contributed by atoms with van der Waals surface area (Å²) in [6, 6.07) is 6.29. The first-order chi connectivity index (χ1) is 10.1. The molecule has 0 radical (unpaired) electrons. The zero-order chi connectivity index (χ0) is 15.4. The summed E-state index contributed by atoms with van der Waals surface area (Å²) in [6.45, 7) is 5.71. The fraction of sp³-hybridized carbons (Fsp3) is 0.625. The average molecular weight is 294 g/mol. The van der Waals surface area contributed by atoms with E-state index in [0.717, 1.165) is 23.5 Å². The minimum Gasteiger partial charge on any atom is -0.496 e. The van der Waals surface area contributed by atoms with E-state index in [1.54, 1.807) is 7.11 Å². The lowest BCUT2D eigenvalue weighted by molar-refractivity contribution is -0.0421. The van der Waals surface area contributed by atoms with Crippen LogP contribution in [0, 0.1) is 0 Å². The number of anilines is 1. The Hall–Kier alpha value is -1.30. The molecule has 3 unspecified atom stereocenters. The maximum atomic E-state index is 9.41. The summed E-state index contributed by atoms with van der Waals surface area (Å²) in [6.07, 6.45) is -0.0439. The number of hydrogen-bond acceptors (Lipinski definition) is 5. The molecular weight excluding hydrogens is 268 g/mol. The molecule has 1 heterocycles. The Kier molecular flexibility index (Phi) is 5.45. The Morgan fingerprint density at radius 2 is 2.24 bits per heavy atom. The lowest BCUT2D eigenvalue weighted by atomic mass is 10.0. The lowest BCUT2D eigenvalue weighted by Crippen LogP contribution is -2.48. The maximum Gasteiger partial charge on any atom is 0.125 e. The number of morpholine rings is 1. The van der Waals surface area contributed by atoms with E-state index >= 15 is 0 Å². The third-order valence-corrected chi connectivity index (χ3v) is 4.00. The van der Waals surface area contributed by atoms with Crippen molar-refractivity contribution < 1.29 is 14.6 Å². The minimum atomic E-state index is -0.141. The Balaban J connectivity index is 2.38. The van der Waals surface area contributed by atoms with Crippen LogP contribution in [0.4, 0.5) is 5.69 Å². The molecule has 1 aliphatic heterocycles. The standard InChI is InChI=1S/C16H26N2O3/c1-11-8-18(9-13(10-19)21-11)14-6-5-7-15(20-4)16(14)12(2)17-3/h5-7,11-13,17,19H,8-10H2,1-4H3. The number of ether oxygens (including phenoxy) is 2. The maximum absolute atomic E-state index is 9.41. The lowest BCUT2D eigenvalue weighted by Gasteiger charge is -2.39. The topological polar surface area (TPSA) is 54.0 Å². The molecule has 0 amide bonds. The van der Waals surface area contributed by atoms with Crippen molar-refractivity contribution >= 4 is 5.69 Å². The van der Waals surface area contributed by atoms with Crippen LogP contribution < -0.4 is 15.0 Å². The molecule has 5 nitrogen and oxygen atoms in total. The van der Waals surface area contributed by atoms with Gasteiger partial charge in [0.1, 0.15) is 5.75 Å². The molecular formula is C16H26N2O3. The second-order valence-corrected chi connectivity index (χ2v) is 5.56. The summed E-state index contributed by atoms with van der Waals surface area (Å²) in [5.74, 6) is 0.883. The van der Waals surface area contributed by atoms with Crippen molar-refractivity contribution in [3.8, 4) is 5.75 Å². The highest BCUT2D eigenvalue weighted by atomic mass is 16.5. The normalized spacial score (nSPS) is 24.0. The number of aliphatic hydroxyl groups excluding tert-OH is 1. The summed E-state index contributed by atoms with van der Waals surface area (Å²) < 4.78 is 11.3. The van der Waals surface area contributed by atoms with E-state index in [1.807, 2.05) is 26.1 Å². The van der Waals surface area contributed by atoms with E-state index < -0.39 is 0 Å². The monoisotopic (exact) mass is 294 g/mol. The van der Waals surface area contributed by atoms with Gasteiger partial charge in [-0.05, 0) is 33.0 Å². The van der Waals surface area contributed by atoms with Crippen LogP contribution in [-0.4, -0.2) is 51.2 Å². The first kappa shape index (κ1) is 16.1. The Morgan fingerprint density at radius 1 is 1.48 bits per heavy atom. The molecule has 0 saturated carbocycles. The average Bonchev–Trinajstić information content (AvgIpc) is 2.52. The van der Waals surface area contributed by atoms with Crippen LogP contribution in [-0.2, 0) is 4.74 Å². The number of hydrogen-bond donors (Lipinski definition) is 2. The molecule has 1 aliphatic rings. The molecule has 0 spiro atoms. The van der Waals surface area contributed by atoms with Crippen LogP contribution in [0.1, 0.15) is 25.5 Å². The molecule has 3 atom stereocenters. The van der Waals surface area contributed by atoms with E-state index in [4.69, 9.17) is 9.47 Å². The van der Waals surface area contributed by atoms with Gasteiger partial charge in [0.15, 0.2) is 0 Å². The molecule has 1 aromatic rings. The van der Waals surface area contributed by atoms with Crippen molar-refractivity contribution in [3.05, 3.63) is 23.8 Å². The van der Waals surface area contributed by atoms with Gasteiger partial charge in [0.2, 0.25) is 0 Å². The van der Waals surface area contributed by atoms with Crippen LogP contribution in [0.25, 0.3) is 0 Å². The van der Waals surface area contributed by atoms with E-state index in [1.165, 1.54) is 0 Å². The van der Waals surface area contributed by atoms with E-state index in [2.05, 4.69) is 23.2 Å². The van der Waals surface area contributed by atoms with Gasteiger partial charge in [-0.15, -0.1) is 0 Å². The van der Waals surface area contributed by atoms with Gasteiger partial charge in [-0.2, -0.15) is 0 Å². The first-order valence-electron chi connectivity index (χ1n) is 7.46. The first-order valence-corrected chi connectivity index (χ1v) is 7.46. The predicted molar refractivity (Wildman–Crippen MR) is 84.1 cm³/mol. The van der Waals surface area contributed by atoms with Crippen molar-refractivity contribution in [3.63, 3.8) is 0 Å².